The summed E-state index contributed by atoms with van der Waals surface area (Å²) < 4.78 is 13.1. The van der Waals surface area contributed by atoms with Crippen LogP contribution in [0.3, 0.4) is 0 Å². The maximum Gasteiger partial charge on any atom is 0.223 e. The molecule has 2 aromatic rings. The van der Waals surface area contributed by atoms with Crippen LogP contribution in [-0.4, -0.2) is 33.9 Å². The van der Waals surface area contributed by atoms with Gasteiger partial charge >= 0.3 is 0 Å². The smallest absolute Gasteiger partial charge is 0.223 e. The lowest BCUT2D eigenvalue weighted by molar-refractivity contribution is -0.128. The topological polar surface area (TPSA) is 49.0 Å². The third-order valence-corrected chi connectivity index (χ3v) is 4.21. The molecule has 3 rings (SSSR count). The van der Waals surface area contributed by atoms with Gasteiger partial charge in [0.05, 0.1) is 5.69 Å². The summed E-state index contributed by atoms with van der Waals surface area (Å²) in [5, 5.41) is 0. The summed E-state index contributed by atoms with van der Waals surface area (Å²) in [6.45, 7) is 7.69. The van der Waals surface area contributed by atoms with Gasteiger partial charge in [0, 0.05) is 36.7 Å². The van der Waals surface area contributed by atoms with Crippen LogP contribution in [0.4, 0.5) is 4.39 Å². The van der Waals surface area contributed by atoms with E-state index < -0.39 is 0 Å². The Morgan fingerprint density at radius 2 is 2.04 bits per heavy atom. The van der Waals surface area contributed by atoms with Gasteiger partial charge in [-0.15, -0.1) is 0 Å². The standard InChI is InChI=1S/C18H22FN3O/c1-11(2)9-22-10-14(8-16(22)23)18-20-12(3)17(21-18)13-4-6-15(19)7-5-13/h4-7,11,14H,8-10H2,1-3H3,(H,20,21)/t14-/m0/s1. The summed E-state index contributed by atoms with van der Waals surface area (Å²) in [5.41, 5.74) is 2.66. The normalized spacial score (nSPS) is 18.2. The molecule has 1 aliphatic rings. The van der Waals surface area contributed by atoms with Crippen LogP contribution in [0.5, 0.6) is 0 Å². The number of amides is 1. The highest BCUT2D eigenvalue weighted by atomic mass is 19.1. The molecule has 0 unspecified atom stereocenters. The second kappa shape index (κ2) is 6.14. The van der Waals surface area contributed by atoms with Gasteiger partial charge in [-0.1, -0.05) is 13.8 Å². The molecule has 0 saturated carbocycles. The molecule has 1 fully saturated rings. The van der Waals surface area contributed by atoms with Gasteiger partial charge in [0.15, 0.2) is 0 Å². The summed E-state index contributed by atoms with van der Waals surface area (Å²) in [7, 11) is 0. The van der Waals surface area contributed by atoms with E-state index in [4.69, 9.17) is 0 Å². The fraction of sp³-hybridized carbons (Fsp3) is 0.444. The van der Waals surface area contributed by atoms with E-state index in [1.807, 2.05) is 11.8 Å². The second-order valence-corrected chi connectivity index (χ2v) is 6.70. The second-order valence-electron chi connectivity index (χ2n) is 6.70. The van der Waals surface area contributed by atoms with Crippen LogP contribution in [0.2, 0.25) is 0 Å². The third-order valence-electron chi connectivity index (χ3n) is 4.21. The average molecular weight is 315 g/mol. The SMILES string of the molecule is Cc1[nH]c([C@H]2CC(=O)N(CC(C)C)C2)nc1-c1ccc(F)cc1. The van der Waals surface area contributed by atoms with E-state index in [1.165, 1.54) is 12.1 Å². The summed E-state index contributed by atoms with van der Waals surface area (Å²) in [4.78, 5) is 22.0. The van der Waals surface area contributed by atoms with E-state index >= 15 is 0 Å². The number of H-pyrrole nitrogens is 1. The number of carbonyl (C=O) groups excluding carboxylic acids is 1. The minimum Gasteiger partial charge on any atom is -0.345 e. The molecule has 1 aliphatic heterocycles. The van der Waals surface area contributed by atoms with Crippen molar-refractivity contribution in [2.45, 2.75) is 33.1 Å². The van der Waals surface area contributed by atoms with E-state index in [2.05, 4.69) is 23.8 Å². The van der Waals surface area contributed by atoms with Gasteiger partial charge in [0.25, 0.3) is 0 Å². The van der Waals surface area contributed by atoms with Crippen LogP contribution < -0.4 is 0 Å². The Morgan fingerprint density at radius 3 is 2.70 bits per heavy atom. The molecule has 1 N–H and O–H groups in total. The summed E-state index contributed by atoms with van der Waals surface area (Å²) in [6.07, 6.45) is 0.503. The number of aromatic nitrogens is 2. The highest BCUT2D eigenvalue weighted by Gasteiger charge is 2.33. The zero-order chi connectivity index (χ0) is 16.6. The molecule has 1 atom stereocenters. The van der Waals surface area contributed by atoms with Crippen molar-refractivity contribution in [2.24, 2.45) is 5.92 Å². The molecule has 0 bridgehead atoms. The number of rotatable bonds is 4. The Balaban J connectivity index is 1.81. The van der Waals surface area contributed by atoms with Crippen LogP contribution in [0.15, 0.2) is 24.3 Å². The number of carbonyl (C=O) groups is 1. The van der Waals surface area contributed by atoms with Crippen molar-refractivity contribution in [1.82, 2.24) is 14.9 Å². The summed E-state index contributed by atoms with van der Waals surface area (Å²) in [5.74, 6) is 1.36. The Hall–Kier alpha value is -2.17. The molecule has 0 aliphatic carbocycles. The van der Waals surface area contributed by atoms with Crippen molar-refractivity contribution < 1.29 is 9.18 Å². The Bertz CT molecular complexity index is 706. The van der Waals surface area contributed by atoms with Crippen LogP contribution in [0.25, 0.3) is 11.3 Å². The van der Waals surface area contributed by atoms with Crippen molar-refractivity contribution in [3.63, 3.8) is 0 Å². The van der Waals surface area contributed by atoms with Gasteiger partial charge in [-0.3, -0.25) is 4.79 Å². The molecule has 5 heteroatoms. The molecule has 1 aromatic carbocycles. The molecule has 4 nitrogen and oxygen atoms in total. The van der Waals surface area contributed by atoms with Crippen LogP contribution in [-0.2, 0) is 4.79 Å². The molecule has 23 heavy (non-hydrogen) atoms. The number of likely N-dealkylation sites (tertiary alicyclic amines) is 1. The minimum atomic E-state index is -0.257. The number of benzene rings is 1. The lowest BCUT2D eigenvalue weighted by atomic mass is 10.1. The molecule has 1 aromatic heterocycles. The fourth-order valence-electron chi connectivity index (χ4n) is 3.14. The minimum absolute atomic E-state index is 0.106. The number of nitrogens with zero attached hydrogens (tertiary/aromatic N) is 2. The van der Waals surface area contributed by atoms with E-state index in [9.17, 15) is 9.18 Å². The third kappa shape index (κ3) is 3.28. The maximum atomic E-state index is 13.1. The van der Waals surface area contributed by atoms with Crippen LogP contribution in [0.1, 0.15) is 37.7 Å². The zero-order valence-electron chi connectivity index (χ0n) is 13.8. The predicted octanol–water partition coefficient (Wildman–Crippen LogP) is 3.50. The number of imidazole rings is 1. The van der Waals surface area contributed by atoms with Gasteiger partial charge in [0.2, 0.25) is 5.91 Å². The average Bonchev–Trinajstić information content (AvgIpc) is 3.03. The highest BCUT2D eigenvalue weighted by molar-refractivity contribution is 5.79. The van der Waals surface area contributed by atoms with Crippen molar-refractivity contribution in [3.8, 4) is 11.3 Å². The first kappa shape index (κ1) is 15.7. The Kier molecular flexibility index (Phi) is 4.20. The van der Waals surface area contributed by atoms with Crippen LogP contribution >= 0.6 is 0 Å². The Labute approximate surface area is 135 Å². The highest BCUT2D eigenvalue weighted by Crippen LogP contribution is 2.30. The van der Waals surface area contributed by atoms with Gasteiger partial charge in [-0.2, -0.15) is 0 Å². The molecule has 0 radical (unpaired) electrons. The van der Waals surface area contributed by atoms with Crippen molar-refractivity contribution in [1.29, 1.82) is 0 Å². The molecule has 122 valence electrons. The lowest BCUT2D eigenvalue weighted by Gasteiger charge is -2.18. The first-order valence-corrected chi connectivity index (χ1v) is 8.04. The summed E-state index contributed by atoms with van der Waals surface area (Å²) in [6, 6.07) is 6.33. The lowest BCUT2D eigenvalue weighted by Crippen LogP contribution is -2.29. The van der Waals surface area contributed by atoms with Crippen molar-refractivity contribution in [2.75, 3.05) is 13.1 Å². The fourth-order valence-corrected chi connectivity index (χ4v) is 3.14. The maximum absolute atomic E-state index is 13.1. The van der Waals surface area contributed by atoms with Gasteiger partial charge in [0.1, 0.15) is 11.6 Å². The number of nitrogens with one attached hydrogen (secondary N) is 1. The zero-order valence-corrected chi connectivity index (χ0v) is 13.8. The van der Waals surface area contributed by atoms with Gasteiger partial charge in [-0.05, 0) is 37.1 Å². The molecule has 2 heterocycles. The first-order chi connectivity index (χ1) is 10.9. The number of halogens is 1. The predicted molar refractivity (Wildman–Crippen MR) is 87.5 cm³/mol. The molecule has 1 saturated heterocycles. The molecular weight excluding hydrogens is 293 g/mol. The number of hydrogen-bond acceptors (Lipinski definition) is 2. The van der Waals surface area contributed by atoms with Gasteiger partial charge in [-0.25, -0.2) is 9.37 Å². The van der Waals surface area contributed by atoms with Crippen molar-refractivity contribution in [3.05, 3.63) is 41.6 Å². The molecule has 1 amide bonds. The number of aryl methyl sites for hydroxylation is 1. The molecule has 0 spiro atoms. The molecular formula is C18H22FN3O. The monoisotopic (exact) mass is 315 g/mol. The largest absolute Gasteiger partial charge is 0.345 e. The van der Waals surface area contributed by atoms with E-state index in [0.717, 1.165) is 29.3 Å². The summed E-state index contributed by atoms with van der Waals surface area (Å²) >= 11 is 0. The number of hydrogen-bond donors (Lipinski definition) is 1. The van der Waals surface area contributed by atoms with Crippen LogP contribution in [0, 0.1) is 18.7 Å². The van der Waals surface area contributed by atoms with E-state index in [-0.39, 0.29) is 17.6 Å². The Morgan fingerprint density at radius 1 is 1.35 bits per heavy atom. The van der Waals surface area contributed by atoms with E-state index in [0.29, 0.717) is 18.9 Å². The quantitative estimate of drug-likeness (QED) is 0.939. The van der Waals surface area contributed by atoms with E-state index in [1.54, 1.807) is 12.1 Å². The first-order valence-electron chi connectivity index (χ1n) is 8.04. The number of aromatic amines is 1. The van der Waals surface area contributed by atoms with Gasteiger partial charge < -0.3 is 9.88 Å². The van der Waals surface area contributed by atoms with Crippen molar-refractivity contribution >= 4 is 5.91 Å².